The van der Waals surface area contributed by atoms with Crippen LogP contribution < -0.4 is 9.46 Å². The topological polar surface area (TPSA) is 130 Å². The van der Waals surface area contributed by atoms with Crippen molar-refractivity contribution in [3.05, 3.63) is 65.0 Å². The first-order chi connectivity index (χ1) is 14.6. The van der Waals surface area contributed by atoms with Gasteiger partial charge in [0.25, 0.3) is 10.0 Å². The maximum Gasteiger partial charge on any atom is 0.349 e. The average molecular weight is 469 g/mol. The predicted molar refractivity (Wildman–Crippen MR) is 107 cm³/mol. The van der Waals surface area contributed by atoms with E-state index >= 15 is 0 Å². The Hall–Kier alpha value is -3.51. The first-order valence-corrected chi connectivity index (χ1v) is 10.7. The summed E-state index contributed by atoms with van der Waals surface area (Å²) in [4.78, 5) is 21.1. The molecule has 1 heterocycles. The molecule has 1 aromatic heterocycles. The third-order valence-electron chi connectivity index (χ3n) is 3.85. The largest absolute Gasteiger partial charge is 0.480 e. The van der Waals surface area contributed by atoms with Crippen molar-refractivity contribution in [2.24, 2.45) is 0 Å². The number of carboxylic acids is 2. The Morgan fingerprint density at radius 3 is 2.19 bits per heavy atom. The van der Waals surface area contributed by atoms with Gasteiger partial charge in [-0.05, 0) is 35.9 Å². The third kappa shape index (κ3) is 4.98. The third-order valence-corrected chi connectivity index (χ3v) is 6.44. The van der Waals surface area contributed by atoms with Crippen LogP contribution in [-0.2, 0) is 14.8 Å². The fraction of sp³-hybridized carbons (Fsp3) is 0.0526. The second-order valence-corrected chi connectivity index (χ2v) is 8.70. The van der Waals surface area contributed by atoms with Gasteiger partial charge >= 0.3 is 11.9 Å². The zero-order valence-corrected chi connectivity index (χ0v) is 17.0. The standard InChI is InChI=1S/C19H13F2NO7S2/c20-12-2-1-3-13(21)18(12)31(27,28)22-11-6-4-10(5-7-11)15-8-14(29-9-16(23)24)17(30-15)19(25)26/h1-8,22H,9H2,(H,23,24)(H,25,26). The number of hydrogen-bond acceptors (Lipinski definition) is 6. The van der Waals surface area contributed by atoms with Crippen molar-refractivity contribution in [1.82, 2.24) is 0 Å². The number of carboxylic acid groups (broad SMARTS) is 2. The molecule has 31 heavy (non-hydrogen) atoms. The van der Waals surface area contributed by atoms with E-state index in [4.69, 9.17) is 9.84 Å². The van der Waals surface area contributed by atoms with Crippen molar-refractivity contribution < 1.29 is 41.7 Å². The highest BCUT2D eigenvalue weighted by Gasteiger charge is 2.24. The second kappa shape index (κ2) is 8.70. The molecule has 12 heteroatoms. The molecule has 0 fully saturated rings. The first-order valence-electron chi connectivity index (χ1n) is 8.37. The lowest BCUT2D eigenvalue weighted by Gasteiger charge is -2.10. The van der Waals surface area contributed by atoms with Gasteiger partial charge in [-0.25, -0.2) is 26.8 Å². The lowest BCUT2D eigenvalue weighted by Crippen LogP contribution is -2.16. The number of ether oxygens (including phenoxy) is 1. The Labute approximate surface area is 178 Å². The van der Waals surface area contributed by atoms with Gasteiger partial charge < -0.3 is 14.9 Å². The second-order valence-electron chi connectivity index (χ2n) is 6.03. The summed E-state index contributed by atoms with van der Waals surface area (Å²) in [6.07, 6.45) is 0. The first kappa shape index (κ1) is 22.2. The van der Waals surface area contributed by atoms with E-state index in [9.17, 15) is 31.9 Å². The quantitative estimate of drug-likeness (QED) is 0.459. The van der Waals surface area contributed by atoms with Gasteiger partial charge in [0, 0.05) is 10.6 Å². The Balaban J connectivity index is 1.86. The Kier molecular flexibility index (Phi) is 6.22. The molecular formula is C19H13F2NO7S2. The van der Waals surface area contributed by atoms with Crippen molar-refractivity contribution in [1.29, 1.82) is 0 Å². The van der Waals surface area contributed by atoms with E-state index in [1.807, 2.05) is 0 Å². The Bertz CT molecular complexity index is 1230. The summed E-state index contributed by atoms with van der Waals surface area (Å²) in [6.45, 7) is -0.718. The number of aliphatic carboxylic acids is 1. The fourth-order valence-corrected chi connectivity index (χ4v) is 4.70. The zero-order valence-electron chi connectivity index (χ0n) is 15.3. The van der Waals surface area contributed by atoms with Gasteiger partial charge in [-0.1, -0.05) is 18.2 Å². The van der Waals surface area contributed by atoms with Gasteiger partial charge in [-0.15, -0.1) is 11.3 Å². The van der Waals surface area contributed by atoms with Crippen molar-refractivity contribution >= 4 is 39.0 Å². The number of sulfonamides is 1. The molecule has 0 amide bonds. The van der Waals surface area contributed by atoms with Crippen LogP contribution in [0.5, 0.6) is 5.75 Å². The van der Waals surface area contributed by atoms with Gasteiger partial charge in [0.05, 0.1) is 0 Å². The summed E-state index contributed by atoms with van der Waals surface area (Å²) in [5.41, 5.74) is 0.501. The van der Waals surface area contributed by atoms with Gasteiger partial charge in [0.15, 0.2) is 16.4 Å². The Morgan fingerprint density at radius 2 is 1.65 bits per heavy atom. The smallest absolute Gasteiger partial charge is 0.349 e. The number of hydrogen-bond donors (Lipinski definition) is 3. The number of halogens is 2. The molecule has 0 bridgehead atoms. The predicted octanol–water partition coefficient (Wildman–Crippen LogP) is 3.66. The van der Waals surface area contributed by atoms with Crippen LogP contribution in [0.3, 0.4) is 0 Å². The van der Waals surface area contributed by atoms with E-state index in [1.54, 1.807) is 0 Å². The summed E-state index contributed by atoms with van der Waals surface area (Å²) in [7, 11) is -4.53. The number of carbonyl (C=O) groups is 2. The molecule has 0 aliphatic carbocycles. The average Bonchev–Trinajstić information content (AvgIpc) is 3.11. The number of rotatable bonds is 8. The van der Waals surface area contributed by atoms with Crippen molar-refractivity contribution in [3.8, 4) is 16.2 Å². The van der Waals surface area contributed by atoms with E-state index in [0.29, 0.717) is 10.4 Å². The summed E-state index contributed by atoms with van der Waals surface area (Å²) in [5, 5.41) is 18.0. The lowest BCUT2D eigenvalue weighted by atomic mass is 10.2. The molecule has 2 aromatic carbocycles. The number of thiophene rings is 1. The van der Waals surface area contributed by atoms with Gasteiger partial charge in [0.1, 0.15) is 17.4 Å². The van der Waals surface area contributed by atoms with Crippen LogP contribution in [0, 0.1) is 11.6 Å². The minimum absolute atomic E-state index is 0.0174. The van der Waals surface area contributed by atoms with Crippen LogP contribution in [-0.4, -0.2) is 37.2 Å². The van der Waals surface area contributed by atoms with E-state index in [-0.39, 0.29) is 16.3 Å². The van der Waals surface area contributed by atoms with E-state index < -0.39 is 45.1 Å². The number of aromatic carboxylic acids is 1. The van der Waals surface area contributed by atoms with Crippen LogP contribution in [0.2, 0.25) is 0 Å². The maximum absolute atomic E-state index is 13.8. The van der Waals surface area contributed by atoms with Gasteiger partial charge in [0.2, 0.25) is 0 Å². The van der Waals surface area contributed by atoms with Gasteiger partial charge in [-0.3, -0.25) is 4.72 Å². The van der Waals surface area contributed by atoms with E-state index in [1.165, 1.54) is 30.3 Å². The minimum atomic E-state index is -4.53. The molecule has 3 rings (SSSR count). The van der Waals surface area contributed by atoms with E-state index in [2.05, 4.69) is 4.72 Å². The molecule has 8 nitrogen and oxygen atoms in total. The van der Waals surface area contributed by atoms with Crippen LogP contribution in [0.25, 0.3) is 10.4 Å². The van der Waals surface area contributed by atoms with Crippen LogP contribution >= 0.6 is 11.3 Å². The fourth-order valence-electron chi connectivity index (χ4n) is 2.56. The van der Waals surface area contributed by atoms with E-state index in [0.717, 1.165) is 29.5 Å². The number of nitrogens with one attached hydrogen (secondary N) is 1. The van der Waals surface area contributed by atoms with Crippen molar-refractivity contribution in [2.45, 2.75) is 4.90 Å². The van der Waals surface area contributed by atoms with Crippen LogP contribution in [0.4, 0.5) is 14.5 Å². The Morgan fingerprint density at radius 1 is 1.03 bits per heavy atom. The maximum atomic E-state index is 13.8. The summed E-state index contributed by atoms with van der Waals surface area (Å²) < 4.78 is 59.3. The molecule has 0 unspecified atom stereocenters. The highest BCUT2D eigenvalue weighted by atomic mass is 32.2. The van der Waals surface area contributed by atoms with Crippen LogP contribution in [0.15, 0.2) is 53.4 Å². The molecule has 3 N–H and O–H groups in total. The normalized spacial score (nSPS) is 11.2. The highest BCUT2D eigenvalue weighted by Crippen LogP contribution is 2.37. The molecule has 0 radical (unpaired) electrons. The molecule has 162 valence electrons. The molecule has 0 spiro atoms. The molecule has 0 aliphatic rings. The van der Waals surface area contributed by atoms with Crippen molar-refractivity contribution in [2.75, 3.05) is 11.3 Å². The number of anilines is 1. The van der Waals surface area contributed by atoms with Crippen LogP contribution in [0.1, 0.15) is 9.67 Å². The molecule has 0 saturated carbocycles. The highest BCUT2D eigenvalue weighted by molar-refractivity contribution is 7.92. The lowest BCUT2D eigenvalue weighted by molar-refractivity contribution is -0.139. The summed E-state index contributed by atoms with van der Waals surface area (Å²) >= 11 is 0.837. The minimum Gasteiger partial charge on any atom is -0.480 e. The molecule has 0 aliphatic heterocycles. The molecular weight excluding hydrogens is 456 g/mol. The number of benzene rings is 2. The molecule has 0 saturated heterocycles. The molecule has 3 aromatic rings. The summed E-state index contributed by atoms with van der Waals surface area (Å²) in [6, 6.07) is 9.59. The monoisotopic (exact) mass is 469 g/mol. The SMILES string of the molecule is O=C(O)COc1cc(-c2ccc(NS(=O)(=O)c3c(F)cccc3F)cc2)sc1C(=O)O. The van der Waals surface area contributed by atoms with Gasteiger partial charge in [-0.2, -0.15) is 0 Å². The molecule has 0 atom stereocenters. The summed E-state index contributed by atoms with van der Waals surface area (Å²) in [5.74, 6) is -5.16. The zero-order chi connectivity index (χ0) is 22.8. The van der Waals surface area contributed by atoms with Crippen molar-refractivity contribution in [3.63, 3.8) is 0 Å².